The van der Waals surface area contributed by atoms with Crippen LogP contribution >= 0.6 is 0 Å². The second-order valence-electron chi connectivity index (χ2n) is 7.84. The van der Waals surface area contributed by atoms with E-state index in [9.17, 15) is 23.2 Å². The van der Waals surface area contributed by atoms with Gasteiger partial charge in [-0.2, -0.15) is 0 Å². The number of carbonyl (C=O) groups excluding carboxylic acids is 3. The Morgan fingerprint density at radius 3 is 2.64 bits per heavy atom. The molecule has 1 saturated heterocycles. The standard InChI is InChI=1S/C23H22F2N2O6/c1-31-23(30)16-8-14(24)2-3-19(16)32-11-13-4-6-27(7-5-13)22(29)15-9-18-20(10-17(15)25)33-12-21(28)26-18/h2-3,8-10,13H,4-7,11-12H2,1H3,(H,26,28). The maximum Gasteiger partial charge on any atom is 0.341 e. The predicted octanol–water partition coefficient (Wildman–Crippen LogP) is 3.01. The Morgan fingerprint density at radius 1 is 1.15 bits per heavy atom. The number of hydrogen-bond donors (Lipinski definition) is 1. The van der Waals surface area contributed by atoms with Crippen molar-refractivity contribution in [3.8, 4) is 11.5 Å². The van der Waals surface area contributed by atoms with E-state index in [-0.39, 0.29) is 53.4 Å². The zero-order valence-corrected chi connectivity index (χ0v) is 17.9. The van der Waals surface area contributed by atoms with Crippen molar-refractivity contribution < 1.29 is 37.4 Å². The van der Waals surface area contributed by atoms with E-state index in [1.54, 1.807) is 4.90 Å². The highest BCUT2D eigenvalue weighted by molar-refractivity contribution is 6.00. The number of anilines is 1. The minimum absolute atomic E-state index is 0.00377. The largest absolute Gasteiger partial charge is 0.492 e. The molecule has 2 aliphatic rings. The molecule has 2 aliphatic heterocycles. The van der Waals surface area contributed by atoms with E-state index in [0.717, 1.165) is 12.1 Å². The Hall–Kier alpha value is -3.69. The van der Waals surface area contributed by atoms with Gasteiger partial charge in [0.25, 0.3) is 11.8 Å². The Labute approximate surface area is 188 Å². The lowest BCUT2D eigenvalue weighted by Gasteiger charge is -2.32. The van der Waals surface area contributed by atoms with Gasteiger partial charge >= 0.3 is 5.97 Å². The SMILES string of the molecule is COC(=O)c1cc(F)ccc1OCC1CCN(C(=O)c2cc3c(cc2F)OCC(=O)N3)CC1. The van der Waals surface area contributed by atoms with Gasteiger partial charge in [-0.05, 0) is 43.0 Å². The van der Waals surface area contributed by atoms with Crippen LogP contribution < -0.4 is 14.8 Å². The summed E-state index contributed by atoms with van der Waals surface area (Å²) in [4.78, 5) is 37.8. The molecule has 2 aromatic rings. The topological polar surface area (TPSA) is 94.2 Å². The lowest BCUT2D eigenvalue weighted by Crippen LogP contribution is -2.40. The van der Waals surface area contributed by atoms with Crippen molar-refractivity contribution in [2.24, 2.45) is 5.92 Å². The fraction of sp³-hybridized carbons (Fsp3) is 0.348. The Balaban J connectivity index is 1.36. The molecule has 1 fully saturated rings. The number of ether oxygens (including phenoxy) is 3. The first-order chi connectivity index (χ1) is 15.9. The third-order valence-electron chi connectivity index (χ3n) is 5.66. The average Bonchev–Trinajstić information content (AvgIpc) is 2.82. The molecule has 8 nitrogen and oxygen atoms in total. The predicted molar refractivity (Wildman–Crippen MR) is 112 cm³/mol. The lowest BCUT2D eigenvalue weighted by atomic mass is 9.97. The van der Waals surface area contributed by atoms with Crippen molar-refractivity contribution in [3.05, 3.63) is 53.1 Å². The zero-order chi connectivity index (χ0) is 23.5. The van der Waals surface area contributed by atoms with Crippen molar-refractivity contribution in [2.45, 2.75) is 12.8 Å². The fourth-order valence-corrected chi connectivity index (χ4v) is 3.84. The summed E-state index contributed by atoms with van der Waals surface area (Å²) < 4.78 is 43.6. The molecule has 0 aromatic heterocycles. The maximum absolute atomic E-state index is 14.5. The van der Waals surface area contributed by atoms with Crippen LogP contribution in [0.1, 0.15) is 33.6 Å². The van der Waals surface area contributed by atoms with Gasteiger partial charge in [0.05, 0.1) is 25.0 Å². The highest BCUT2D eigenvalue weighted by Gasteiger charge is 2.28. The van der Waals surface area contributed by atoms with Crippen LogP contribution in [0.4, 0.5) is 14.5 Å². The number of hydrogen-bond acceptors (Lipinski definition) is 6. The number of benzene rings is 2. The summed E-state index contributed by atoms with van der Waals surface area (Å²) >= 11 is 0. The monoisotopic (exact) mass is 460 g/mol. The molecule has 0 bridgehead atoms. The minimum Gasteiger partial charge on any atom is -0.492 e. The number of carbonyl (C=O) groups is 3. The molecular formula is C23H22F2N2O6. The van der Waals surface area contributed by atoms with Crippen LogP contribution in [0.25, 0.3) is 0 Å². The first kappa shape index (κ1) is 22.5. The van der Waals surface area contributed by atoms with Crippen LogP contribution in [0, 0.1) is 17.6 Å². The number of nitrogens with zero attached hydrogens (tertiary/aromatic N) is 1. The first-order valence-corrected chi connectivity index (χ1v) is 10.4. The van der Waals surface area contributed by atoms with Gasteiger partial charge in [-0.25, -0.2) is 13.6 Å². The minimum atomic E-state index is -0.716. The fourth-order valence-electron chi connectivity index (χ4n) is 3.84. The Bertz CT molecular complexity index is 1100. The number of amides is 2. The van der Waals surface area contributed by atoms with Gasteiger partial charge in [0, 0.05) is 19.2 Å². The van der Waals surface area contributed by atoms with Crippen molar-refractivity contribution in [2.75, 3.05) is 38.7 Å². The van der Waals surface area contributed by atoms with Crippen LogP contribution in [0.3, 0.4) is 0 Å². The third kappa shape index (κ3) is 4.89. The van der Waals surface area contributed by atoms with E-state index in [0.29, 0.717) is 25.9 Å². The second-order valence-corrected chi connectivity index (χ2v) is 7.84. The van der Waals surface area contributed by atoms with Crippen molar-refractivity contribution >= 4 is 23.5 Å². The molecule has 0 aliphatic carbocycles. The van der Waals surface area contributed by atoms with E-state index in [1.807, 2.05) is 0 Å². The number of halogens is 2. The molecule has 0 unspecified atom stereocenters. The van der Waals surface area contributed by atoms with Gasteiger partial charge in [0.15, 0.2) is 6.61 Å². The molecule has 4 rings (SSSR count). The molecular weight excluding hydrogens is 438 g/mol. The van der Waals surface area contributed by atoms with E-state index < -0.39 is 23.5 Å². The van der Waals surface area contributed by atoms with E-state index >= 15 is 0 Å². The molecule has 174 valence electrons. The average molecular weight is 460 g/mol. The molecule has 2 amide bonds. The third-order valence-corrected chi connectivity index (χ3v) is 5.66. The Morgan fingerprint density at radius 2 is 1.91 bits per heavy atom. The lowest BCUT2D eigenvalue weighted by molar-refractivity contribution is -0.118. The smallest absolute Gasteiger partial charge is 0.341 e. The summed E-state index contributed by atoms with van der Waals surface area (Å²) in [5, 5.41) is 2.57. The Kier molecular flexibility index (Phi) is 6.43. The highest BCUT2D eigenvalue weighted by atomic mass is 19.1. The first-order valence-electron chi connectivity index (χ1n) is 10.4. The van der Waals surface area contributed by atoms with Gasteiger partial charge in [0.1, 0.15) is 28.7 Å². The summed E-state index contributed by atoms with van der Waals surface area (Å²) in [5.41, 5.74) is 0.132. The van der Waals surface area contributed by atoms with E-state index in [2.05, 4.69) is 10.1 Å². The van der Waals surface area contributed by atoms with Crippen molar-refractivity contribution in [1.82, 2.24) is 4.90 Å². The molecule has 10 heteroatoms. The molecule has 33 heavy (non-hydrogen) atoms. The maximum atomic E-state index is 14.5. The number of methoxy groups -OCH3 is 1. The number of likely N-dealkylation sites (tertiary alicyclic amines) is 1. The summed E-state index contributed by atoms with van der Waals surface area (Å²) in [7, 11) is 1.20. The van der Waals surface area contributed by atoms with E-state index in [1.165, 1.54) is 25.3 Å². The van der Waals surface area contributed by atoms with Crippen LogP contribution in [0.15, 0.2) is 30.3 Å². The zero-order valence-electron chi connectivity index (χ0n) is 17.9. The number of rotatable bonds is 5. The number of nitrogens with one attached hydrogen (secondary N) is 1. The number of fused-ring (bicyclic) bond motifs is 1. The van der Waals surface area contributed by atoms with Crippen molar-refractivity contribution in [3.63, 3.8) is 0 Å². The van der Waals surface area contributed by atoms with Gasteiger partial charge < -0.3 is 24.4 Å². The second kappa shape index (κ2) is 9.43. The summed E-state index contributed by atoms with van der Waals surface area (Å²) in [6.07, 6.45) is 1.21. The summed E-state index contributed by atoms with van der Waals surface area (Å²) in [5.74, 6) is -2.33. The summed E-state index contributed by atoms with van der Waals surface area (Å²) in [6.45, 7) is 0.849. The number of esters is 1. The van der Waals surface area contributed by atoms with Crippen LogP contribution in [-0.4, -0.2) is 56.1 Å². The highest BCUT2D eigenvalue weighted by Crippen LogP contribution is 2.32. The normalized spacial score (nSPS) is 15.8. The quantitative estimate of drug-likeness (QED) is 0.690. The van der Waals surface area contributed by atoms with E-state index in [4.69, 9.17) is 9.47 Å². The molecule has 2 heterocycles. The van der Waals surface area contributed by atoms with Gasteiger partial charge in [-0.15, -0.1) is 0 Å². The van der Waals surface area contributed by atoms with Crippen LogP contribution in [0.2, 0.25) is 0 Å². The number of piperidine rings is 1. The van der Waals surface area contributed by atoms with Crippen molar-refractivity contribution in [1.29, 1.82) is 0 Å². The van der Waals surface area contributed by atoms with Gasteiger partial charge in [-0.1, -0.05) is 0 Å². The van der Waals surface area contributed by atoms with Gasteiger partial charge in [0.2, 0.25) is 0 Å². The molecule has 2 aromatic carbocycles. The summed E-state index contributed by atoms with van der Waals surface area (Å²) in [6, 6.07) is 6.03. The molecule has 0 atom stereocenters. The van der Waals surface area contributed by atoms with Crippen LogP contribution in [0.5, 0.6) is 11.5 Å². The van der Waals surface area contributed by atoms with Crippen LogP contribution in [-0.2, 0) is 9.53 Å². The molecule has 1 N–H and O–H groups in total. The molecule has 0 radical (unpaired) electrons. The molecule has 0 spiro atoms. The molecule has 0 saturated carbocycles. The van der Waals surface area contributed by atoms with Gasteiger partial charge in [-0.3, -0.25) is 9.59 Å².